The molecular weight excluding hydrogens is 307 g/mol. The van der Waals surface area contributed by atoms with E-state index in [9.17, 15) is 0 Å². The molecule has 0 radical (unpaired) electrons. The average Bonchev–Trinajstić information content (AvgIpc) is 2.90. The van der Waals surface area contributed by atoms with Gasteiger partial charge in [-0.05, 0) is 19.3 Å². The zero-order valence-electron chi connectivity index (χ0n) is 12.0. The van der Waals surface area contributed by atoms with Crippen molar-refractivity contribution in [1.29, 1.82) is 0 Å². The normalized spacial score (nSPS) is 11.1. The maximum atomic E-state index is 7.88. The first kappa shape index (κ1) is 23.3. The first-order valence-electron chi connectivity index (χ1n) is 6.54. The summed E-state index contributed by atoms with van der Waals surface area (Å²) in [4.78, 5) is 0. The fraction of sp³-hybridized carbons (Fsp3) is 0.714. The third kappa shape index (κ3) is 36.0. The van der Waals surface area contributed by atoms with Crippen molar-refractivity contribution in [3.05, 3.63) is 21.5 Å². The SMILES string of the molecule is CCCO.CCCO.CCCO.[Zr][C]1=CC=CC1. The number of allylic oxidation sites excluding steroid dienone is 4. The van der Waals surface area contributed by atoms with Gasteiger partial charge in [-0.3, -0.25) is 0 Å². The van der Waals surface area contributed by atoms with Crippen LogP contribution in [0.1, 0.15) is 46.5 Å². The Hall–Kier alpha value is 0.243. The van der Waals surface area contributed by atoms with Gasteiger partial charge in [0.1, 0.15) is 0 Å². The molecule has 1 aliphatic carbocycles. The number of rotatable bonds is 3. The van der Waals surface area contributed by atoms with Crippen molar-refractivity contribution >= 4 is 0 Å². The second kappa shape index (κ2) is 25.9. The number of hydrogen-bond acceptors (Lipinski definition) is 3. The molecule has 4 heteroatoms. The molecule has 0 spiro atoms. The molecule has 0 aromatic rings. The second-order valence-corrected chi connectivity index (χ2v) is 5.07. The number of aliphatic hydroxyl groups excluding tert-OH is 3. The molecule has 1 rings (SSSR count). The van der Waals surface area contributed by atoms with Gasteiger partial charge >= 0.3 is 52.6 Å². The van der Waals surface area contributed by atoms with Crippen LogP contribution in [0, 0.1) is 0 Å². The van der Waals surface area contributed by atoms with Crippen molar-refractivity contribution in [2.75, 3.05) is 19.8 Å². The molecule has 0 bridgehead atoms. The predicted octanol–water partition coefficient (Wildman–Crippen LogP) is 2.54. The molecule has 0 fully saturated rings. The van der Waals surface area contributed by atoms with Gasteiger partial charge in [0.25, 0.3) is 0 Å². The number of aliphatic hydroxyl groups is 3. The molecule has 0 unspecified atom stereocenters. The van der Waals surface area contributed by atoms with Gasteiger partial charge in [-0.1, -0.05) is 20.8 Å². The molecule has 107 valence electrons. The molecule has 3 N–H and O–H groups in total. The molecule has 0 amide bonds. The van der Waals surface area contributed by atoms with E-state index in [-0.39, 0.29) is 0 Å². The van der Waals surface area contributed by atoms with Crippen LogP contribution < -0.4 is 0 Å². The summed E-state index contributed by atoms with van der Waals surface area (Å²) in [6, 6.07) is 0. The van der Waals surface area contributed by atoms with E-state index in [1.165, 1.54) is 6.42 Å². The van der Waals surface area contributed by atoms with E-state index in [2.05, 4.69) is 18.2 Å². The Labute approximate surface area is 127 Å². The topological polar surface area (TPSA) is 60.7 Å². The summed E-state index contributed by atoms with van der Waals surface area (Å²) >= 11 is 1.56. The minimum atomic E-state index is 0.319. The van der Waals surface area contributed by atoms with E-state index in [1.54, 1.807) is 28.0 Å². The van der Waals surface area contributed by atoms with E-state index >= 15 is 0 Å². The van der Waals surface area contributed by atoms with Crippen LogP contribution in [0.4, 0.5) is 0 Å². The Bertz CT molecular complexity index is 164. The molecule has 0 aliphatic heterocycles. The van der Waals surface area contributed by atoms with Crippen molar-refractivity contribution in [1.82, 2.24) is 0 Å². The van der Waals surface area contributed by atoms with E-state index in [4.69, 9.17) is 15.3 Å². The van der Waals surface area contributed by atoms with Crippen molar-refractivity contribution in [2.24, 2.45) is 0 Å². The van der Waals surface area contributed by atoms with Crippen LogP contribution in [0.2, 0.25) is 0 Å². The van der Waals surface area contributed by atoms with Crippen LogP contribution in [0.25, 0.3) is 0 Å². The van der Waals surface area contributed by atoms with E-state index in [0.29, 0.717) is 19.8 Å². The van der Waals surface area contributed by atoms with Crippen molar-refractivity contribution < 1.29 is 40.0 Å². The van der Waals surface area contributed by atoms with E-state index in [1.807, 2.05) is 20.8 Å². The Balaban J connectivity index is -0.000000171. The van der Waals surface area contributed by atoms with Gasteiger partial charge in [0.2, 0.25) is 0 Å². The molecule has 0 aromatic carbocycles. The number of hydrogen-bond donors (Lipinski definition) is 3. The zero-order valence-corrected chi connectivity index (χ0v) is 14.5. The molecule has 0 heterocycles. The van der Waals surface area contributed by atoms with Crippen LogP contribution in [0.5, 0.6) is 0 Å². The second-order valence-electron chi connectivity index (χ2n) is 3.50. The molecule has 0 saturated heterocycles. The fourth-order valence-corrected chi connectivity index (χ4v) is 0.973. The average molecular weight is 337 g/mol. The van der Waals surface area contributed by atoms with Crippen molar-refractivity contribution in [3.63, 3.8) is 0 Å². The maximum absolute atomic E-state index is 7.88. The summed E-state index contributed by atoms with van der Waals surface area (Å²) in [6.45, 7) is 6.75. The van der Waals surface area contributed by atoms with Crippen LogP contribution in [0.3, 0.4) is 0 Å². The van der Waals surface area contributed by atoms with Gasteiger partial charge in [0, 0.05) is 19.8 Å². The first-order valence-corrected chi connectivity index (χ1v) is 7.77. The summed E-state index contributed by atoms with van der Waals surface area (Å²) in [5, 5.41) is 23.6. The van der Waals surface area contributed by atoms with E-state index < -0.39 is 0 Å². The fourth-order valence-electron chi connectivity index (χ4n) is 0.447. The third-order valence-electron chi connectivity index (χ3n) is 1.44. The monoisotopic (exact) mass is 335 g/mol. The molecule has 1 aliphatic rings. The van der Waals surface area contributed by atoms with Crippen molar-refractivity contribution in [3.8, 4) is 0 Å². The summed E-state index contributed by atoms with van der Waals surface area (Å²) in [6.07, 6.45) is 10.3. The summed E-state index contributed by atoms with van der Waals surface area (Å²) in [7, 11) is 0. The van der Waals surface area contributed by atoms with Gasteiger partial charge < -0.3 is 15.3 Å². The molecule has 18 heavy (non-hydrogen) atoms. The van der Waals surface area contributed by atoms with Gasteiger partial charge in [0.15, 0.2) is 0 Å². The Morgan fingerprint density at radius 3 is 1.33 bits per heavy atom. The molecule has 3 nitrogen and oxygen atoms in total. The van der Waals surface area contributed by atoms with E-state index in [0.717, 1.165) is 19.3 Å². The molecule has 0 saturated carbocycles. The Morgan fingerprint density at radius 1 is 0.944 bits per heavy atom. The third-order valence-corrected chi connectivity index (χ3v) is 2.35. The summed E-state index contributed by atoms with van der Waals surface area (Å²) < 4.78 is 1.56. The first-order chi connectivity index (χ1) is 8.64. The quantitative estimate of drug-likeness (QED) is 0.742. The molecule has 0 atom stereocenters. The van der Waals surface area contributed by atoms with Crippen LogP contribution in [0.15, 0.2) is 21.5 Å². The standard InChI is InChI=1S/C5H5.3C3H8O.Zr/c1-2-4-5-3-1;3*1-2-3-4;/h1-3H,4H2;3*4H,2-3H2,1H3;. The van der Waals surface area contributed by atoms with Crippen LogP contribution >= 0.6 is 0 Å². The minimum absolute atomic E-state index is 0.319. The van der Waals surface area contributed by atoms with Crippen molar-refractivity contribution in [2.45, 2.75) is 46.5 Å². The van der Waals surface area contributed by atoms with Crippen LogP contribution in [-0.2, 0) is 24.7 Å². The van der Waals surface area contributed by atoms with Gasteiger partial charge in [-0.15, -0.1) is 0 Å². The summed E-state index contributed by atoms with van der Waals surface area (Å²) in [5.41, 5.74) is 0. The van der Waals surface area contributed by atoms with Gasteiger partial charge in [0.05, 0.1) is 0 Å². The predicted molar refractivity (Wildman–Crippen MR) is 74.0 cm³/mol. The summed E-state index contributed by atoms with van der Waals surface area (Å²) in [5.74, 6) is 0. The van der Waals surface area contributed by atoms with Gasteiger partial charge in [-0.2, -0.15) is 0 Å². The van der Waals surface area contributed by atoms with Crippen LogP contribution in [-0.4, -0.2) is 35.1 Å². The molecule has 0 aromatic heterocycles. The van der Waals surface area contributed by atoms with Gasteiger partial charge in [-0.25, -0.2) is 0 Å². The Kier molecular flexibility index (Phi) is 33.6. The zero-order chi connectivity index (χ0) is 14.6. The molecular formula is C14H29O3Zr. The Morgan fingerprint density at radius 2 is 1.28 bits per heavy atom.